The van der Waals surface area contributed by atoms with Crippen LogP contribution in [0.4, 0.5) is 13.2 Å². The zero-order chi connectivity index (χ0) is 31.0. The van der Waals surface area contributed by atoms with Crippen molar-refractivity contribution < 1.29 is 42.2 Å². The second kappa shape index (κ2) is 14.0. The molecule has 0 aliphatic heterocycles. The number of nitrogens with one attached hydrogen (secondary N) is 1. The van der Waals surface area contributed by atoms with Crippen LogP contribution in [0, 0.1) is 0 Å². The van der Waals surface area contributed by atoms with Gasteiger partial charge < -0.3 is 15.2 Å². The Balaban J connectivity index is 1.61. The Morgan fingerprint density at radius 1 is 0.791 bits per heavy atom. The molecule has 1 saturated carbocycles. The van der Waals surface area contributed by atoms with E-state index < -0.39 is 35.6 Å². The van der Waals surface area contributed by atoms with E-state index in [0.717, 1.165) is 49.5 Å². The molecule has 0 saturated heterocycles. The SMILES string of the molecule is O=C(O)CCNC(=O)c1ccc(C(=O)C(=CC(=O)c2ccc(OC(F)(F)F)cc2)c2ccc(C3CCCCC3)cc2)cc1. The second-order valence-electron chi connectivity index (χ2n) is 10.3. The van der Waals surface area contributed by atoms with Crippen molar-refractivity contribution in [2.45, 2.75) is 50.8 Å². The van der Waals surface area contributed by atoms with Crippen LogP contribution in [0.1, 0.15) is 86.6 Å². The number of halogens is 3. The Labute approximate surface area is 246 Å². The third kappa shape index (κ3) is 8.88. The van der Waals surface area contributed by atoms with Crippen molar-refractivity contribution in [1.29, 1.82) is 0 Å². The van der Waals surface area contributed by atoms with Gasteiger partial charge in [0.1, 0.15) is 5.75 Å². The molecule has 43 heavy (non-hydrogen) atoms. The summed E-state index contributed by atoms with van der Waals surface area (Å²) in [5.41, 5.74) is 2.21. The Morgan fingerprint density at radius 2 is 1.35 bits per heavy atom. The van der Waals surface area contributed by atoms with Crippen LogP contribution in [-0.4, -0.2) is 41.5 Å². The zero-order valence-electron chi connectivity index (χ0n) is 23.2. The van der Waals surface area contributed by atoms with E-state index in [2.05, 4.69) is 10.1 Å². The highest BCUT2D eigenvalue weighted by atomic mass is 19.4. The van der Waals surface area contributed by atoms with Crippen LogP contribution >= 0.6 is 0 Å². The summed E-state index contributed by atoms with van der Waals surface area (Å²) in [6, 6.07) is 17.6. The number of hydrogen-bond acceptors (Lipinski definition) is 5. The van der Waals surface area contributed by atoms with Gasteiger partial charge in [-0.1, -0.05) is 55.7 Å². The molecular formula is C33H30F3NO6. The van der Waals surface area contributed by atoms with Gasteiger partial charge in [-0.05, 0) is 72.4 Å². The van der Waals surface area contributed by atoms with Crippen LogP contribution in [-0.2, 0) is 4.79 Å². The van der Waals surface area contributed by atoms with E-state index in [0.29, 0.717) is 11.5 Å². The zero-order valence-corrected chi connectivity index (χ0v) is 23.2. The fourth-order valence-electron chi connectivity index (χ4n) is 5.00. The monoisotopic (exact) mass is 593 g/mol. The highest BCUT2D eigenvalue weighted by Crippen LogP contribution is 2.33. The van der Waals surface area contributed by atoms with E-state index in [1.165, 1.54) is 42.8 Å². The number of carboxylic acid groups (broad SMARTS) is 1. The Kier molecular flexibility index (Phi) is 10.1. The quantitative estimate of drug-likeness (QED) is 0.183. The van der Waals surface area contributed by atoms with Crippen LogP contribution < -0.4 is 10.1 Å². The molecule has 3 aromatic carbocycles. The predicted molar refractivity (Wildman–Crippen MR) is 153 cm³/mol. The maximum atomic E-state index is 13.7. The van der Waals surface area contributed by atoms with Crippen molar-refractivity contribution >= 4 is 29.0 Å². The summed E-state index contributed by atoms with van der Waals surface area (Å²) in [6.07, 6.45) is 1.75. The van der Waals surface area contributed by atoms with E-state index in [4.69, 9.17) is 5.11 Å². The topological polar surface area (TPSA) is 110 Å². The van der Waals surface area contributed by atoms with Gasteiger partial charge in [-0.2, -0.15) is 0 Å². The normalized spacial score (nSPS) is 14.2. The minimum Gasteiger partial charge on any atom is -0.481 e. The average molecular weight is 594 g/mol. The van der Waals surface area contributed by atoms with Gasteiger partial charge >= 0.3 is 12.3 Å². The lowest BCUT2D eigenvalue weighted by molar-refractivity contribution is -0.274. The highest BCUT2D eigenvalue weighted by molar-refractivity contribution is 6.32. The second-order valence-corrected chi connectivity index (χ2v) is 10.3. The van der Waals surface area contributed by atoms with Crippen LogP contribution in [0.2, 0.25) is 0 Å². The van der Waals surface area contributed by atoms with Crippen molar-refractivity contribution in [1.82, 2.24) is 5.32 Å². The largest absolute Gasteiger partial charge is 0.573 e. The molecule has 0 unspecified atom stereocenters. The molecule has 2 N–H and O–H groups in total. The lowest BCUT2D eigenvalue weighted by Gasteiger charge is -2.22. The molecule has 0 radical (unpaired) electrons. The molecule has 4 rings (SSSR count). The lowest BCUT2D eigenvalue weighted by atomic mass is 9.83. The van der Waals surface area contributed by atoms with Crippen molar-refractivity contribution in [2.24, 2.45) is 0 Å². The number of rotatable bonds is 11. The first-order valence-electron chi connectivity index (χ1n) is 13.9. The summed E-state index contributed by atoms with van der Waals surface area (Å²) in [6.45, 7) is -0.0516. The third-order valence-electron chi connectivity index (χ3n) is 7.22. The number of amides is 1. The Hall–Kier alpha value is -4.73. The van der Waals surface area contributed by atoms with Crippen molar-refractivity contribution in [3.63, 3.8) is 0 Å². The summed E-state index contributed by atoms with van der Waals surface area (Å²) in [5.74, 6) is -2.68. The fraction of sp³-hybridized carbons (Fsp3) is 0.273. The Bertz CT molecular complexity index is 1490. The van der Waals surface area contributed by atoms with Gasteiger partial charge in [-0.3, -0.25) is 19.2 Å². The van der Waals surface area contributed by atoms with Gasteiger partial charge in [-0.15, -0.1) is 13.2 Å². The lowest BCUT2D eigenvalue weighted by Crippen LogP contribution is -2.26. The standard InChI is InChI=1S/C33H30F3NO6/c34-33(35,36)43-27-16-14-24(15-17-27)29(38)20-28(23-8-6-22(7-9-23)21-4-2-1-3-5-21)31(41)25-10-12-26(13-11-25)32(42)37-19-18-30(39)40/h6-17,20-21H,1-5,18-19H2,(H,37,42)(H,39,40). The number of carbonyl (C=O) groups is 4. The molecule has 10 heteroatoms. The van der Waals surface area contributed by atoms with Crippen LogP contribution in [0.3, 0.4) is 0 Å². The number of hydrogen-bond donors (Lipinski definition) is 2. The molecule has 0 atom stereocenters. The number of alkyl halides is 3. The minimum absolute atomic E-state index is 0.0516. The molecule has 0 heterocycles. The molecule has 0 aromatic heterocycles. The third-order valence-corrected chi connectivity index (χ3v) is 7.22. The number of aliphatic carboxylic acids is 1. The van der Waals surface area contributed by atoms with E-state index in [1.54, 1.807) is 12.1 Å². The first-order chi connectivity index (χ1) is 20.5. The molecule has 3 aromatic rings. The summed E-state index contributed by atoms with van der Waals surface area (Å²) in [7, 11) is 0. The van der Waals surface area contributed by atoms with Gasteiger partial charge in [0.25, 0.3) is 5.91 Å². The van der Waals surface area contributed by atoms with E-state index >= 15 is 0 Å². The molecular weight excluding hydrogens is 563 g/mol. The summed E-state index contributed by atoms with van der Waals surface area (Å²) in [5, 5.41) is 11.2. The maximum Gasteiger partial charge on any atom is 0.573 e. The van der Waals surface area contributed by atoms with Crippen molar-refractivity contribution in [2.75, 3.05) is 6.54 Å². The number of allylic oxidation sites excluding steroid dienone is 2. The van der Waals surface area contributed by atoms with Crippen LogP contribution in [0.25, 0.3) is 5.57 Å². The van der Waals surface area contributed by atoms with Crippen LogP contribution in [0.5, 0.6) is 5.75 Å². The number of ether oxygens (including phenoxy) is 1. The molecule has 1 aliphatic carbocycles. The van der Waals surface area contributed by atoms with E-state index in [-0.39, 0.29) is 35.2 Å². The molecule has 7 nitrogen and oxygen atoms in total. The van der Waals surface area contributed by atoms with Crippen molar-refractivity contribution in [3.8, 4) is 5.75 Å². The van der Waals surface area contributed by atoms with Gasteiger partial charge in [0.05, 0.1) is 6.42 Å². The Morgan fingerprint density at radius 3 is 1.93 bits per heavy atom. The molecule has 0 spiro atoms. The molecule has 1 amide bonds. The predicted octanol–water partition coefficient (Wildman–Crippen LogP) is 6.99. The number of Topliss-reactive ketones (excluding diaryl/α,β-unsaturated/α-hetero) is 1. The van der Waals surface area contributed by atoms with Crippen molar-refractivity contribution in [3.05, 3.63) is 107 Å². The summed E-state index contributed by atoms with van der Waals surface area (Å²) in [4.78, 5) is 49.9. The van der Waals surface area contributed by atoms with Crippen LogP contribution in [0.15, 0.2) is 78.9 Å². The molecule has 224 valence electrons. The maximum absolute atomic E-state index is 13.7. The van der Waals surface area contributed by atoms with Gasteiger partial charge in [0, 0.05) is 28.8 Å². The van der Waals surface area contributed by atoms with Gasteiger partial charge in [0.2, 0.25) is 0 Å². The number of carbonyl (C=O) groups excluding carboxylic acids is 3. The molecule has 1 aliphatic rings. The number of benzene rings is 3. The van der Waals surface area contributed by atoms with Gasteiger partial charge in [-0.25, -0.2) is 0 Å². The molecule has 0 bridgehead atoms. The fourth-order valence-corrected chi connectivity index (χ4v) is 5.00. The summed E-state index contributed by atoms with van der Waals surface area (Å²) >= 11 is 0. The number of carboxylic acids is 1. The minimum atomic E-state index is -4.87. The average Bonchev–Trinajstić information content (AvgIpc) is 2.99. The smallest absolute Gasteiger partial charge is 0.481 e. The first kappa shape index (κ1) is 31.2. The summed E-state index contributed by atoms with van der Waals surface area (Å²) < 4.78 is 41.5. The van der Waals surface area contributed by atoms with Gasteiger partial charge in [0.15, 0.2) is 11.6 Å². The van der Waals surface area contributed by atoms with E-state index in [9.17, 15) is 32.3 Å². The highest BCUT2D eigenvalue weighted by Gasteiger charge is 2.31. The molecule has 1 fully saturated rings. The first-order valence-corrected chi connectivity index (χ1v) is 13.9. The van der Waals surface area contributed by atoms with E-state index in [1.807, 2.05) is 12.1 Å². The number of ketones is 2.